The van der Waals surface area contributed by atoms with Crippen LogP contribution < -0.4 is 10.6 Å². The van der Waals surface area contributed by atoms with Gasteiger partial charge < -0.3 is 10.6 Å². The fraction of sp³-hybridized carbons (Fsp3) is 0.538. The number of rotatable bonds is 1. The number of fused-ring (bicyclic) bond motifs is 2. The van der Waals surface area contributed by atoms with E-state index in [1.807, 2.05) is 0 Å². The highest BCUT2D eigenvalue weighted by Crippen LogP contribution is 2.35. The van der Waals surface area contributed by atoms with Crippen LogP contribution in [0.15, 0.2) is 12.1 Å². The summed E-state index contributed by atoms with van der Waals surface area (Å²) in [6.07, 6.45) is 3.57. The highest BCUT2D eigenvalue weighted by Gasteiger charge is 2.24. The molecule has 0 aliphatic carbocycles. The summed E-state index contributed by atoms with van der Waals surface area (Å²) in [5, 5.41) is 7.13. The average Bonchev–Trinajstić information content (AvgIpc) is 2.74. The maximum Gasteiger partial charge on any atom is 0.0380 e. The zero-order valence-electron chi connectivity index (χ0n) is 9.43. The first-order valence-corrected chi connectivity index (χ1v) is 5.95. The lowest BCUT2D eigenvalue weighted by Gasteiger charge is -2.06. The van der Waals surface area contributed by atoms with Crippen LogP contribution in [0.1, 0.15) is 31.4 Å². The van der Waals surface area contributed by atoms with E-state index in [1.165, 1.54) is 41.8 Å². The summed E-state index contributed by atoms with van der Waals surface area (Å²) in [5.41, 5.74) is 5.70. The summed E-state index contributed by atoms with van der Waals surface area (Å²) in [4.78, 5) is 0. The Morgan fingerprint density at radius 2 is 1.80 bits per heavy atom. The molecule has 0 fully saturated rings. The normalized spacial score (nSPS) is 26.8. The third-order valence-corrected chi connectivity index (χ3v) is 3.58. The Morgan fingerprint density at radius 1 is 1.13 bits per heavy atom. The van der Waals surface area contributed by atoms with Crippen LogP contribution in [0.3, 0.4) is 0 Å². The molecule has 0 amide bonds. The number of nitrogens with one attached hydrogen (secondary N) is 2. The monoisotopic (exact) mass is 202 g/mol. The molecule has 1 aromatic rings. The van der Waals surface area contributed by atoms with Crippen molar-refractivity contribution in [3.63, 3.8) is 0 Å². The Kier molecular flexibility index (Phi) is 1.91. The fourth-order valence-electron chi connectivity index (χ4n) is 2.73. The summed E-state index contributed by atoms with van der Waals surface area (Å²) >= 11 is 0. The second-order valence-corrected chi connectivity index (χ2v) is 4.87. The Bertz CT molecular complexity index is 363. The van der Waals surface area contributed by atoms with Crippen molar-refractivity contribution in [2.24, 2.45) is 0 Å². The number of hydrogen-bond acceptors (Lipinski definition) is 2. The van der Waals surface area contributed by atoms with E-state index in [1.54, 1.807) is 0 Å². The second-order valence-electron chi connectivity index (χ2n) is 4.87. The Balaban J connectivity index is 1.96. The van der Waals surface area contributed by atoms with Gasteiger partial charge in [-0.25, -0.2) is 0 Å². The molecule has 2 heterocycles. The Labute approximate surface area is 91.1 Å². The predicted octanol–water partition coefficient (Wildman–Crippen LogP) is 2.79. The van der Waals surface area contributed by atoms with Gasteiger partial charge in [-0.05, 0) is 49.4 Å². The van der Waals surface area contributed by atoms with Gasteiger partial charge in [0.2, 0.25) is 0 Å². The zero-order valence-corrected chi connectivity index (χ0v) is 9.43. The van der Waals surface area contributed by atoms with E-state index in [2.05, 4.69) is 36.6 Å². The van der Waals surface area contributed by atoms with Gasteiger partial charge in [-0.3, -0.25) is 0 Å². The van der Waals surface area contributed by atoms with Crippen LogP contribution in [0.25, 0.3) is 0 Å². The van der Waals surface area contributed by atoms with Crippen molar-refractivity contribution in [1.29, 1.82) is 0 Å². The van der Waals surface area contributed by atoms with Crippen LogP contribution in [-0.2, 0) is 12.8 Å². The SMILES string of the molecule is CCC1Cc2cc3c(cc2N1)CC(C)N3. The minimum Gasteiger partial charge on any atom is -0.382 e. The van der Waals surface area contributed by atoms with Crippen molar-refractivity contribution in [3.8, 4) is 0 Å². The molecule has 1 aromatic carbocycles. The lowest BCUT2D eigenvalue weighted by atomic mass is 10.0. The Morgan fingerprint density at radius 3 is 2.53 bits per heavy atom. The Hall–Kier alpha value is -1.18. The molecule has 15 heavy (non-hydrogen) atoms. The summed E-state index contributed by atoms with van der Waals surface area (Å²) in [6, 6.07) is 5.94. The summed E-state index contributed by atoms with van der Waals surface area (Å²) in [6.45, 7) is 4.49. The van der Waals surface area contributed by atoms with Gasteiger partial charge in [0.25, 0.3) is 0 Å². The molecule has 0 bridgehead atoms. The van der Waals surface area contributed by atoms with Crippen molar-refractivity contribution in [2.75, 3.05) is 10.6 Å². The molecule has 0 spiro atoms. The third kappa shape index (κ3) is 1.39. The molecule has 2 nitrogen and oxygen atoms in total. The van der Waals surface area contributed by atoms with Gasteiger partial charge in [-0.2, -0.15) is 0 Å². The molecule has 2 atom stereocenters. The van der Waals surface area contributed by atoms with Crippen molar-refractivity contribution < 1.29 is 0 Å². The van der Waals surface area contributed by atoms with Crippen molar-refractivity contribution in [2.45, 2.75) is 45.2 Å². The van der Waals surface area contributed by atoms with E-state index < -0.39 is 0 Å². The van der Waals surface area contributed by atoms with Crippen LogP contribution in [0.5, 0.6) is 0 Å². The standard InChI is InChI=1S/C13H18N2/c1-3-11-5-10-7-12-9(4-8(2)14-12)6-13(10)15-11/h6-8,11,14-15H,3-5H2,1-2H3. The minimum atomic E-state index is 0.601. The van der Waals surface area contributed by atoms with E-state index in [-0.39, 0.29) is 0 Å². The van der Waals surface area contributed by atoms with E-state index in [0.29, 0.717) is 12.1 Å². The third-order valence-electron chi connectivity index (χ3n) is 3.58. The molecular weight excluding hydrogens is 184 g/mol. The molecule has 3 rings (SSSR count). The van der Waals surface area contributed by atoms with Crippen LogP contribution >= 0.6 is 0 Å². The van der Waals surface area contributed by atoms with Gasteiger partial charge in [0, 0.05) is 23.5 Å². The van der Waals surface area contributed by atoms with Crippen molar-refractivity contribution in [1.82, 2.24) is 0 Å². The molecule has 0 saturated heterocycles. The van der Waals surface area contributed by atoms with Gasteiger partial charge in [-0.1, -0.05) is 6.92 Å². The first kappa shape index (κ1) is 9.08. The molecule has 2 aliphatic rings. The topological polar surface area (TPSA) is 24.1 Å². The van der Waals surface area contributed by atoms with E-state index in [9.17, 15) is 0 Å². The first-order chi connectivity index (χ1) is 7.26. The highest BCUT2D eigenvalue weighted by molar-refractivity contribution is 5.69. The molecule has 2 aliphatic heterocycles. The smallest absolute Gasteiger partial charge is 0.0380 e. The van der Waals surface area contributed by atoms with Gasteiger partial charge in [-0.15, -0.1) is 0 Å². The molecule has 0 aromatic heterocycles. The maximum absolute atomic E-state index is 3.60. The number of benzene rings is 1. The van der Waals surface area contributed by atoms with Crippen LogP contribution in [0.4, 0.5) is 11.4 Å². The highest BCUT2D eigenvalue weighted by atomic mass is 15.0. The summed E-state index contributed by atoms with van der Waals surface area (Å²) < 4.78 is 0. The van der Waals surface area contributed by atoms with E-state index in [4.69, 9.17) is 0 Å². The van der Waals surface area contributed by atoms with Crippen molar-refractivity contribution in [3.05, 3.63) is 23.3 Å². The lowest BCUT2D eigenvalue weighted by Crippen LogP contribution is -2.13. The summed E-state index contributed by atoms with van der Waals surface area (Å²) in [5.74, 6) is 0. The predicted molar refractivity (Wildman–Crippen MR) is 64.6 cm³/mol. The molecular formula is C13H18N2. The molecule has 2 N–H and O–H groups in total. The lowest BCUT2D eigenvalue weighted by molar-refractivity contribution is 0.723. The second kappa shape index (κ2) is 3.16. The maximum atomic E-state index is 3.60. The molecule has 2 unspecified atom stereocenters. The molecule has 0 saturated carbocycles. The number of hydrogen-bond donors (Lipinski definition) is 2. The van der Waals surface area contributed by atoms with E-state index in [0.717, 1.165) is 0 Å². The first-order valence-electron chi connectivity index (χ1n) is 5.95. The average molecular weight is 202 g/mol. The van der Waals surface area contributed by atoms with Crippen molar-refractivity contribution >= 4 is 11.4 Å². The van der Waals surface area contributed by atoms with Gasteiger partial charge in [0.1, 0.15) is 0 Å². The fourth-order valence-corrected chi connectivity index (χ4v) is 2.73. The quantitative estimate of drug-likeness (QED) is 0.731. The largest absolute Gasteiger partial charge is 0.382 e. The van der Waals surface area contributed by atoms with Gasteiger partial charge in [0.05, 0.1) is 0 Å². The van der Waals surface area contributed by atoms with E-state index >= 15 is 0 Å². The van der Waals surface area contributed by atoms with Gasteiger partial charge >= 0.3 is 0 Å². The molecule has 80 valence electrons. The van der Waals surface area contributed by atoms with Crippen LogP contribution in [-0.4, -0.2) is 12.1 Å². The number of anilines is 2. The molecule has 2 heteroatoms. The van der Waals surface area contributed by atoms with Gasteiger partial charge in [0.15, 0.2) is 0 Å². The minimum absolute atomic E-state index is 0.601. The van der Waals surface area contributed by atoms with Crippen LogP contribution in [0.2, 0.25) is 0 Å². The van der Waals surface area contributed by atoms with Crippen LogP contribution in [0, 0.1) is 0 Å². The molecule has 0 radical (unpaired) electrons. The zero-order chi connectivity index (χ0) is 10.4. The summed E-state index contributed by atoms with van der Waals surface area (Å²) in [7, 11) is 0.